The Bertz CT molecular complexity index is 164. The van der Waals surface area contributed by atoms with Crippen molar-refractivity contribution >= 4 is 5.91 Å². The van der Waals surface area contributed by atoms with E-state index in [1.165, 1.54) is 0 Å². The molecule has 3 heteroatoms. The highest BCUT2D eigenvalue weighted by atomic mass is 16.2. The summed E-state index contributed by atoms with van der Waals surface area (Å²) >= 11 is 0. The number of carbonyl (C=O) groups excluding carboxylic acids is 1. The third-order valence-electron chi connectivity index (χ3n) is 2.65. The monoisotopic (exact) mass is 183 g/mol. The largest absolute Gasteiger partial charge is 0.340 e. The Labute approximate surface area is 80.5 Å². The van der Waals surface area contributed by atoms with Crippen LogP contribution < -0.4 is 5.32 Å². The number of carbonyl (C=O) groups is 1. The Kier molecular flexibility index (Phi) is 4.22. The van der Waals surface area contributed by atoms with Crippen LogP contribution in [-0.2, 0) is 4.79 Å². The highest BCUT2D eigenvalue weighted by Crippen LogP contribution is 2.13. The molecule has 1 aliphatic rings. The predicted octanol–water partition coefficient (Wildman–Crippen LogP) is 1.01. The standard InChI is InChI=1S/C10H19N2O/c1-3-10(13)12(4-2)9-5-7-11-8-6-9/h9H,3-8H2,1-2H3. The number of amides is 1. The molecule has 1 saturated heterocycles. The second kappa shape index (κ2) is 5.22. The van der Waals surface area contributed by atoms with Crippen LogP contribution in [0.3, 0.4) is 0 Å². The molecule has 0 spiro atoms. The lowest BCUT2D eigenvalue weighted by molar-refractivity contribution is -0.133. The number of rotatable bonds is 3. The molecular weight excluding hydrogens is 164 g/mol. The Morgan fingerprint density at radius 1 is 1.38 bits per heavy atom. The Hall–Kier alpha value is -0.570. The maximum atomic E-state index is 11.5. The van der Waals surface area contributed by atoms with E-state index in [2.05, 4.69) is 12.2 Å². The minimum atomic E-state index is 0.286. The van der Waals surface area contributed by atoms with E-state index in [4.69, 9.17) is 0 Å². The van der Waals surface area contributed by atoms with Gasteiger partial charge in [0.1, 0.15) is 0 Å². The molecule has 1 heterocycles. The van der Waals surface area contributed by atoms with Gasteiger partial charge in [-0.25, -0.2) is 5.32 Å². The fourth-order valence-electron chi connectivity index (χ4n) is 1.89. The molecule has 13 heavy (non-hydrogen) atoms. The molecule has 3 nitrogen and oxygen atoms in total. The van der Waals surface area contributed by atoms with Gasteiger partial charge in [-0.05, 0) is 19.8 Å². The van der Waals surface area contributed by atoms with Crippen molar-refractivity contribution in [3.8, 4) is 0 Å². The van der Waals surface area contributed by atoms with Gasteiger partial charge >= 0.3 is 0 Å². The van der Waals surface area contributed by atoms with Crippen LogP contribution in [0.4, 0.5) is 0 Å². The van der Waals surface area contributed by atoms with Crippen LogP contribution in [0.1, 0.15) is 33.1 Å². The zero-order valence-corrected chi connectivity index (χ0v) is 8.62. The number of nitrogens with zero attached hydrogens (tertiary/aromatic N) is 2. The van der Waals surface area contributed by atoms with Gasteiger partial charge in [0.15, 0.2) is 0 Å². The number of hydrogen-bond donors (Lipinski definition) is 0. The molecule has 1 amide bonds. The summed E-state index contributed by atoms with van der Waals surface area (Å²) in [6.45, 7) is 6.69. The lowest BCUT2D eigenvalue weighted by Crippen LogP contribution is -2.44. The summed E-state index contributed by atoms with van der Waals surface area (Å²) < 4.78 is 0. The fourth-order valence-corrected chi connectivity index (χ4v) is 1.89. The van der Waals surface area contributed by atoms with Crippen molar-refractivity contribution in [3.63, 3.8) is 0 Å². The molecule has 0 aromatic heterocycles. The van der Waals surface area contributed by atoms with Crippen LogP contribution in [0.5, 0.6) is 0 Å². The van der Waals surface area contributed by atoms with Gasteiger partial charge in [-0.1, -0.05) is 6.92 Å². The van der Waals surface area contributed by atoms with Crippen LogP contribution in [0.25, 0.3) is 0 Å². The molecule has 0 saturated carbocycles. The van der Waals surface area contributed by atoms with Gasteiger partial charge in [-0.2, -0.15) is 0 Å². The lowest BCUT2D eigenvalue weighted by Gasteiger charge is -2.33. The van der Waals surface area contributed by atoms with E-state index in [1.54, 1.807) is 0 Å². The van der Waals surface area contributed by atoms with Gasteiger partial charge in [0, 0.05) is 32.1 Å². The van der Waals surface area contributed by atoms with E-state index in [0.717, 1.165) is 32.5 Å². The predicted molar refractivity (Wildman–Crippen MR) is 52.6 cm³/mol. The molecule has 0 N–H and O–H groups in total. The zero-order chi connectivity index (χ0) is 9.68. The molecule has 1 aliphatic heterocycles. The van der Waals surface area contributed by atoms with Gasteiger partial charge < -0.3 is 4.90 Å². The zero-order valence-electron chi connectivity index (χ0n) is 8.62. The van der Waals surface area contributed by atoms with Gasteiger partial charge in [0.05, 0.1) is 0 Å². The summed E-state index contributed by atoms with van der Waals surface area (Å²) in [5.74, 6) is 0.286. The molecule has 1 rings (SSSR count). The first-order valence-electron chi connectivity index (χ1n) is 5.22. The first kappa shape index (κ1) is 10.5. The van der Waals surface area contributed by atoms with E-state index >= 15 is 0 Å². The maximum absolute atomic E-state index is 11.5. The first-order valence-corrected chi connectivity index (χ1v) is 5.22. The molecule has 1 radical (unpaired) electrons. The van der Waals surface area contributed by atoms with Crippen LogP contribution in [0, 0.1) is 0 Å². The SMILES string of the molecule is CCC(=O)N(CC)C1CC[N]CC1. The van der Waals surface area contributed by atoms with E-state index in [-0.39, 0.29) is 5.91 Å². The van der Waals surface area contributed by atoms with Crippen molar-refractivity contribution in [2.75, 3.05) is 19.6 Å². The number of piperidine rings is 1. The Morgan fingerprint density at radius 2 is 2.00 bits per heavy atom. The number of hydrogen-bond acceptors (Lipinski definition) is 1. The third kappa shape index (κ3) is 2.69. The third-order valence-corrected chi connectivity index (χ3v) is 2.65. The average molecular weight is 183 g/mol. The minimum Gasteiger partial charge on any atom is -0.340 e. The summed E-state index contributed by atoms with van der Waals surface area (Å²) in [7, 11) is 0. The molecule has 0 bridgehead atoms. The van der Waals surface area contributed by atoms with Crippen molar-refractivity contribution in [3.05, 3.63) is 0 Å². The van der Waals surface area contributed by atoms with Crippen LogP contribution >= 0.6 is 0 Å². The molecule has 0 aliphatic carbocycles. The van der Waals surface area contributed by atoms with Crippen molar-refractivity contribution in [1.82, 2.24) is 10.2 Å². The van der Waals surface area contributed by atoms with Gasteiger partial charge in [0.2, 0.25) is 5.91 Å². The quantitative estimate of drug-likeness (QED) is 0.643. The van der Waals surface area contributed by atoms with Crippen molar-refractivity contribution < 1.29 is 4.79 Å². The summed E-state index contributed by atoms with van der Waals surface area (Å²) in [5, 5.41) is 4.29. The van der Waals surface area contributed by atoms with Gasteiger partial charge in [0.25, 0.3) is 0 Å². The molecule has 75 valence electrons. The molecule has 0 aromatic carbocycles. The Balaban J connectivity index is 2.48. The van der Waals surface area contributed by atoms with Crippen molar-refractivity contribution in [2.24, 2.45) is 0 Å². The topological polar surface area (TPSA) is 34.4 Å². The normalized spacial score (nSPS) is 18.6. The summed E-state index contributed by atoms with van der Waals surface area (Å²) in [6.07, 6.45) is 2.74. The fraction of sp³-hybridized carbons (Fsp3) is 0.900. The van der Waals surface area contributed by atoms with E-state index in [1.807, 2.05) is 11.8 Å². The second-order valence-electron chi connectivity index (χ2n) is 3.44. The highest BCUT2D eigenvalue weighted by Gasteiger charge is 2.22. The Morgan fingerprint density at radius 3 is 2.46 bits per heavy atom. The maximum Gasteiger partial charge on any atom is 0.222 e. The van der Waals surface area contributed by atoms with Gasteiger partial charge in [-0.15, -0.1) is 0 Å². The highest BCUT2D eigenvalue weighted by molar-refractivity contribution is 5.76. The average Bonchev–Trinajstić information content (AvgIpc) is 2.20. The summed E-state index contributed by atoms with van der Waals surface area (Å²) in [6, 6.07) is 0.454. The van der Waals surface area contributed by atoms with E-state index < -0.39 is 0 Å². The van der Waals surface area contributed by atoms with Crippen LogP contribution in [0.2, 0.25) is 0 Å². The van der Waals surface area contributed by atoms with E-state index in [9.17, 15) is 4.79 Å². The molecular formula is C10H19N2O. The molecule has 0 unspecified atom stereocenters. The lowest BCUT2D eigenvalue weighted by atomic mass is 10.0. The molecule has 1 fully saturated rings. The van der Waals surface area contributed by atoms with E-state index in [0.29, 0.717) is 12.5 Å². The molecule has 0 atom stereocenters. The summed E-state index contributed by atoms with van der Waals surface area (Å²) in [4.78, 5) is 13.5. The molecule has 0 aromatic rings. The van der Waals surface area contributed by atoms with Crippen LogP contribution in [0.15, 0.2) is 0 Å². The summed E-state index contributed by atoms with van der Waals surface area (Å²) in [5.41, 5.74) is 0. The smallest absolute Gasteiger partial charge is 0.222 e. The first-order chi connectivity index (χ1) is 6.29. The van der Waals surface area contributed by atoms with Crippen molar-refractivity contribution in [1.29, 1.82) is 0 Å². The second-order valence-corrected chi connectivity index (χ2v) is 3.44. The van der Waals surface area contributed by atoms with Gasteiger partial charge in [-0.3, -0.25) is 4.79 Å². The van der Waals surface area contributed by atoms with Crippen molar-refractivity contribution in [2.45, 2.75) is 39.2 Å². The minimum absolute atomic E-state index is 0.286. The van der Waals surface area contributed by atoms with Crippen LogP contribution in [-0.4, -0.2) is 36.5 Å².